The lowest BCUT2D eigenvalue weighted by Crippen LogP contribution is -2.35. The van der Waals surface area contributed by atoms with Crippen LogP contribution in [0, 0.1) is 5.92 Å². The molecule has 0 spiro atoms. The van der Waals surface area contributed by atoms with Crippen molar-refractivity contribution >= 4 is 0 Å². The van der Waals surface area contributed by atoms with E-state index in [1.807, 2.05) is 0 Å². The molecule has 1 aromatic rings. The van der Waals surface area contributed by atoms with E-state index in [9.17, 15) is 0 Å². The van der Waals surface area contributed by atoms with Gasteiger partial charge in [-0.25, -0.2) is 4.98 Å². The summed E-state index contributed by atoms with van der Waals surface area (Å²) in [6.07, 6.45) is 10.0. The molecule has 1 aromatic heterocycles. The fourth-order valence-electron chi connectivity index (χ4n) is 2.77. The second-order valence-electron chi connectivity index (χ2n) is 7.13. The molecule has 1 saturated carbocycles. The number of ether oxygens (including phenoxy) is 1. The van der Waals surface area contributed by atoms with Crippen LogP contribution in [0.1, 0.15) is 65.5 Å². The summed E-state index contributed by atoms with van der Waals surface area (Å²) in [6, 6.07) is 0. The fourth-order valence-corrected chi connectivity index (χ4v) is 2.77. The molecule has 1 heterocycles. The highest BCUT2D eigenvalue weighted by atomic mass is 16.5. The monoisotopic (exact) mass is 291 g/mol. The first kappa shape index (κ1) is 16.2. The largest absolute Gasteiger partial charge is 0.473 e. The van der Waals surface area contributed by atoms with Crippen molar-refractivity contribution in [2.45, 2.75) is 78.0 Å². The van der Waals surface area contributed by atoms with Crippen LogP contribution in [0.5, 0.6) is 5.88 Å². The van der Waals surface area contributed by atoms with Gasteiger partial charge in [-0.15, -0.1) is 0 Å². The van der Waals surface area contributed by atoms with Crippen LogP contribution in [-0.4, -0.2) is 21.6 Å². The third kappa shape index (κ3) is 5.62. The summed E-state index contributed by atoms with van der Waals surface area (Å²) in [4.78, 5) is 8.84. The fraction of sp³-hybridized carbons (Fsp3) is 0.765. The van der Waals surface area contributed by atoms with E-state index in [1.54, 1.807) is 12.4 Å². The highest BCUT2D eigenvalue weighted by Crippen LogP contribution is 2.28. The van der Waals surface area contributed by atoms with E-state index in [1.165, 1.54) is 19.3 Å². The number of aromatic nitrogens is 2. The third-order valence-corrected chi connectivity index (χ3v) is 4.06. The zero-order valence-electron chi connectivity index (χ0n) is 13.9. The minimum absolute atomic E-state index is 0.0796. The maximum atomic E-state index is 6.06. The van der Waals surface area contributed by atoms with Crippen LogP contribution < -0.4 is 10.1 Å². The van der Waals surface area contributed by atoms with E-state index in [-0.39, 0.29) is 5.54 Å². The lowest BCUT2D eigenvalue weighted by molar-refractivity contribution is 0.116. The number of nitrogens with zero attached hydrogens (tertiary/aromatic N) is 2. The van der Waals surface area contributed by atoms with Gasteiger partial charge in [0.15, 0.2) is 0 Å². The van der Waals surface area contributed by atoms with Gasteiger partial charge in [-0.05, 0) is 46.0 Å². The van der Waals surface area contributed by atoms with Crippen molar-refractivity contribution in [1.82, 2.24) is 15.3 Å². The average Bonchev–Trinajstić information content (AvgIpc) is 2.45. The molecule has 118 valence electrons. The van der Waals surface area contributed by atoms with Crippen LogP contribution >= 0.6 is 0 Å². The maximum absolute atomic E-state index is 6.06. The highest BCUT2D eigenvalue weighted by Gasteiger charge is 2.22. The molecular weight excluding hydrogens is 262 g/mol. The topological polar surface area (TPSA) is 47.0 Å². The minimum Gasteiger partial charge on any atom is -0.473 e. The minimum atomic E-state index is 0.0796. The van der Waals surface area contributed by atoms with Crippen molar-refractivity contribution in [2.24, 2.45) is 5.92 Å². The predicted molar refractivity (Wildman–Crippen MR) is 85.3 cm³/mol. The Morgan fingerprint density at radius 3 is 2.81 bits per heavy atom. The van der Waals surface area contributed by atoms with E-state index >= 15 is 0 Å². The number of rotatable bonds is 5. The van der Waals surface area contributed by atoms with Crippen molar-refractivity contribution in [2.75, 3.05) is 0 Å². The molecule has 1 aliphatic rings. The SMILES string of the molecule is CCC1CCCC(Oc2cncc(CNC(C)(C)C)n2)C1. The van der Waals surface area contributed by atoms with Crippen molar-refractivity contribution in [3.05, 3.63) is 18.1 Å². The number of hydrogen-bond donors (Lipinski definition) is 1. The third-order valence-electron chi connectivity index (χ3n) is 4.06. The second-order valence-corrected chi connectivity index (χ2v) is 7.13. The Balaban J connectivity index is 1.91. The molecule has 0 aliphatic heterocycles. The summed E-state index contributed by atoms with van der Waals surface area (Å²) >= 11 is 0. The van der Waals surface area contributed by atoms with Crippen LogP contribution in [0.25, 0.3) is 0 Å². The Morgan fingerprint density at radius 1 is 1.29 bits per heavy atom. The smallest absolute Gasteiger partial charge is 0.232 e. The van der Waals surface area contributed by atoms with Gasteiger partial charge in [0.1, 0.15) is 6.10 Å². The summed E-state index contributed by atoms with van der Waals surface area (Å²) in [7, 11) is 0. The quantitative estimate of drug-likeness (QED) is 0.898. The maximum Gasteiger partial charge on any atom is 0.232 e. The van der Waals surface area contributed by atoms with Gasteiger partial charge in [-0.3, -0.25) is 4.98 Å². The molecule has 2 rings (SSSR count). The highest BCUT2D eigenvalue weighted by molar-refractivity contribution is 5.09. The van der Waals surface area contributed by atoms with E-state index in [0.717, 1.165) is 31.0 Å². The summed E-state index contributed by atoms with van der Waals surface area (Å²) < 4.78 is 6.06. The Hall–Kier alpha value is -1.16. The van der Waals surface area contributed by atoms with Gasteiger partial charge in [-0.1, -0.05) is 19.8 Å². The lowest BCUT2D eigenvalue weighted by atomic mass is 9.85. The summed E-state index contributed by atoms with van der Waals surface area (Å²) in [5.41, 5.74) is 1.02. The summed E-state index contributed by atoms with van der Waals surface area (Å²) in [5, 5.41) is 3.43. The van der Waals surface area contributed by atoms with Crippen molar-refractivity contribution < 1.29 is 4.74 Å². The number of nitrogens with one attached hydrogen (secondary N) is 1. The molecule has 0 saturated heterocycles. The first-order chi connectivity index (χ1) is 9.96. The first-order valence-corrected chi connectivity index (χ1v) is 8.19. The molecule has 1 fully saturated rings. The van der Waals surface area contributed by atoms with E-state index in [4.69, 9.17) is 4.74 Å². The second kappa shape index (κ2) is 7.21. The Kier molecular flexibility index (Phi) is 5.57. The Morgan fingerprint density at radius 2 is 2.10 bits per heavy atom. The van der Waals surface area contributed by atoms with Crippen LogP contribution in [0.15, 0.2) is 12.4 Å². The van der Waals surface area contributed by atoms with Gasteiger partial charge < -0.3 is 10.1 Å². The van der Waals surface area contributed by atoms with E-state index < -0.39 is 0 Å². The molecule has 0 radical (unpaired) electrons. The van der Waals surface area contributed by atoms with Crippen LogP contribution in [0.2, 0.25) is 0 Å². The van der Waals surface area contributed by atoms with Crippen molar-refractivity contribution in [3.63, 3.8) is 0 Å². The van der Waals surface area contributed by atoms with Crippen molar-refractivity contribution in [3.8, 4) is 5.88 Å². The molecule has 1 N–H and O–H groups in total. The molecule has 4 heteroatoms. The Labute approximate surface area is 128 Å². The molecule has 1 aliphatic carbocycles. The zero-order chi connectivity index (χ0) is 15.3. The summed E-state index contributed by atoms with van der Waals surface area (Å²) in [6.45, 7) is 9.43. The average molecular weight is 291 g/mol. The van der Waals surface area contributed by atoms with Gasteiger partial charge in [0.2, 0.25) is 5.88 Å². The van der Waals surface area contributed by atoms with Crippen LogP contribution in [-0.2, 0) is 6.54 Å². The molecule has 2 unspecified atom stereocenters. The first-order valence-electron chi connectivity index (χ1n) is 8.19. The molecule has 0 amide bonds. The number of hydrogen-bond acceptors (Lipinski definition) is 4. The lowest BCUT2D eigenvalue weighted by Gasteiger charge is -2.28. The molecule has 2 atom stereocenters. The predicted octanol–water partition coefficient (Wildman–Crippen LogP) is 3.71. The van der Waals surface area contributed by atoms with E-state index in [0.29, 0.717) is 12.0 Å². The van der Waals surface area contributed by atoms with Crippen molar-refractivity contribution in [1.29, 1.82) is 0 Å². The molecule has 21 heavy (non-hydrogen) atoms. The van der Waals surface area contributed by atoms with Gasteiger partial charge in [0, 0.05) is 18.3 Å². The van der Waals surface area contributed by atoms with Crippen LogP contribution in [0.4, 0.5) is 0 Å². The standard InChI is InChI=1S/C17H29N3O/c1-5-13-7-6-8-15(9-13)21-16-12-18-10-14(20-16)11-19-17(2,3)4/h10,12-13,15,19H,5-9,11H2,1-4H3. The van der Waals surface area contributed by atoms with Gasteiger partial charge in [0.05, 0.1) is 11.9 Å². The van der Waals surface area contributed by atoms with Gasteiger partial charge in [0.25, 0.3) is 0 Å². The molecular formula is C17H29N3O. The zero-order valence-corrected chi connectivity index (χ0v) is 13.9. The Bertz CT molecular complexity index is 442. The normalized spacial score (nSPS) is 23.0. The molecule has 0 aromatic carbocycles. The van der Waals surface area contributed by atoms with E-state index in [2.05, 4.69) is 43.0 Å². The molecule has 4 nitrogen and oxygen atoms in total. The molecule has 0 bridgehead atoms. The van der Waals surface area contributed by atoms with Crippen LogP contribution in [0.3, 0.4) is 0 Å². The van der Waals surface area contributed by atoms with Gasteiger partial charge in [-0.2, -0.15) is 0 Å². The summed E-state index contributed by atoms with van der Waals surface area (Å²) in [5.74, 6) is 1.48. The van der Waals surface area contributed by atoms with Gasteiger partial charge >= 0.3 is 0 Å².